The Labute approximate surface area is 113 Å². The van der Waals surface area contributed by atoms with Crippen LogP contribution in [0.1, 0.15) is 23.3 Å². The Kier molecular flexibility index (Phi) is 3.70. The van der Waals surface area contributed by atoms with E-state index in [1.807, 2.05) is 0 Å². The molecule has 1 aliphatic heterocycles. The third-order valence-electron chi connectivity index (χ3n) is 3.09. The molecule has 1 aromatic heterocycles. The summed E-state index contributed by atoms with van der Waals surface area (Å²) < 4.78 is 37.0. The Morgan fingerprint density at radius 1 is 1.35 bits per heavy atom. The summed E-state index contributed by atoms with van der Waals surface area (Å²) in [5.74, 6) is -1.05. The second-order valence-corrected chi connectivity index (χ2v) is 4.52. The lowest BCUT2D eigenvalue weighted by atomic mass is 10.1. The van der Waals surface area contributed by atoms with Gasteiger partial charge in [-0.1, -0.05) is 17.3 Å². The van der Waals surface area contributed by atoms with Gasteiger partial charge in [0.1, 0.15) is 0 Å². The van der Waals surface area contributed by atoms with E-state index in [4.69, 9.17) is 9.26 Å². The molecular weight excluding hydrogens is 268 g/mol. The molecule has 0 aliphatic carbocycles. The lowest BCUT2D eigenvalue weighted by Gasteiger charge is -2.20. The first-order valence-corrected chi connectivity index (χ1v) is 6.30. The van der Waals surface area contributed by atoms with Gasteiger partial charge in [-0.3, -0.25) is 0 Å². The minimum absolute atomic E-state index is 0.0597. The van der Waals surface area contributed by atoms with Crippen LogP contribution in [0, 0.1) is 11.6 Å². The zero-order chi connectivity index (χ0) is 13.9. The highest BCUT2D eigenvalue weighted by atomic mass is 19.2. The van der Waals surface area contributed by atoms with E-state index in [0.717, 1.165) is 6.07 Å². The summed E-state index contributed by atoms with van der Waals surface area (Å²) in [5.41, 5.74) is 0.188. The Balaban J connectivity index is 1.75. The molecule has 1 unspecified atom stereocenters. The van der Waals surface area contributed by atoms with Gasteiger partial charge in [-0.05, 0) is 6.07 Å². The van der Waals surface area contributed by atoms with Crippen molar-refractivity contribution < 1.29 is 18.0 Å². The third-order valence-corrected chi connectivity index (χ3v) is 3.09. The fourth-order valence-corrected chi connectivity index (χ4v) is 2.06. The van der Waals surface area contributed by atoms with Crippen LogP contribution in [0.5, 0.6) is 0 Å². The van der Waals surface area contributed by atoms with Crippen molar-refractivity contribution in [3.63, 3.8) is 0 Å². The van der Waals surface area contributed by atoms with Gasteiger partial charge in [-0.15, -0.1) is 0 Å². The Hall–Kier alpha value is -1.86. The van der Waals surface area contributed by atoms with Crippen LogP contribution in [0.3, 0.4) is 0 Å². The van der Waals surface area contributed by atoms with Gasteiger partial charge >= 0.3 is 0 Å². The molecule has 0 spiro atoms. The van der Waals surface area contributed by atoms with Crippen LogP contribution in [0.15, 0.2) is 22.7 Å². The van der Waals surface area contributed by atoms with E-state index in [1.165, 1.54) is 12.1 Å². The van der Waals surface area contributed by atoms with E-state index >= 15 is 0 Å². The summed E-state index contributed by atoms with van der Waals surface area (Å²) in [6, 6.07) is 3.88. The van der Waals surface area contributed by atoms with E-state index in [1.54, 1.807) is 0 Å². The first-order chi connectivity index (χ1) is 9.74. The van der Waals surface area contributed by atoms with Crippen molar-refractivity contribution in [3.8, 4) is 0 Å². The molecule has 1 aliphatic rings. The predicted molar refractivity (Wildman–Crippen MR) is 65.0 cm³/mol. The number of nitrogens with zero attached hydrogens (tertiary/aromatic N) is 2. The molecular formula is C13H13F2N3O2. The van der Waals surface area contributed by atoms with Crippen molar-refractivity contribution in [1.29, 1.82) is 0 Å². The minimum atomic E-state index is -0.885. The highest BCUT2D eigenvalue weighted by Gasteiger charge is 2.21. The van der Waals surface area contributed by atoms with E-state index in [9.17, 15) is 8.78 Å². The quantitative estimate of drug-likeness (QED) is 0.926. The molecule has 3 rings (SSSR count). The molecule has 0 saturated carbocycles. The van der Waals surface area contributed by atoms with Crippen LogP contribution in [-0.4, -0.2) is 29.9 Å². The van der Waals surface area contributed by atoms with Gasteiger partial charge in [0, 0.05) is 12.1 Å². The topological polar surface area (TPSA) is 60.2 Å². The van der Waals surface area contributed by atoms with Crippen LogP contribution < -0.4 is 5.32 Å². The zero-order valence-electron chi connectivity index (χ0n) is 10.6. The predicted octanol–water partition coefficient (Wildman–Crippen LogP) is 1.60. The lowest BCUT2D eigenvalue weighted by molar-refractivity contribution is 0.0734. The van der Waals surface area contributed by atoms with Crippen LogP contribution in [0.25, 0.3) is 0 Å². The SMILES string of the molecule is Fc1cccc(Cc2nc(C3COCCN3)no2)c1F. The van der Waals surface area contributed by atoms with Gasteiger partial charge in [-0.2, -0.15) is 4.98 Å². The average Bonchev–Trinajstić information content (AvgIpc) is 2.93. The fourth-order valence-electron chi connectivity index (χ4n) is 2.06. The maximum atomic E-state index is 13.6. The van der Waals surface area contributed by atoms with Crippen molar-refractivity contribution in [1.82, 2.24) is 15.5 Å². The summed E-state index contributed by atoms with van der Waals surface area (Å²) in [7, 11) is 0. The highest BCUT2D eigenvalue weighted by molar-refractivity contribution is 5.21. The molecule has 1 atom stereocenters. The highest BCUT2D eigenvalue weighted by Crippen LogP contribution is 2.17. The summed E-state index contributed by atoms with van der Waals surface area (Å²) in [5, 5.41) is 7.03. The molecule has 1 aromatic carbocycles. The number of rotatable bonds is 3. The van der Waals surface area contributed by atoms with Crippen LogP contribution >= 0.6 is 0 Å². The fraction of sp³-hybridized carbons (Fsp3) is 0.385. The largest absolute Gasteiger partial charge is 0.378 e. The molecule has 1 N–H and O–H groups in total. The molecule has 0 amide bonds. The standard InChI is InChI=1S/C13H13F2N3O2/c14-9-3-1-2-8(12(9)15)6-11-17-13(18-20-11)10-7-19-5-4-16-10/h1-3,10,16H,4-7H2. The second kappa shape index (κ2) is 5.64. The maximum Gasteiger partial charge on any atom is 0.231 e. The van der Waals surface area contributed by atoms with Crippen molar-refractivity contribution in [2.24, 2.45) is 0 Å². The van der Waals surface area contributed by atoms with Crippen molar-refractivity contribution in [2.45, 2.75) is 12.5 Å². The number of morpholine rings is 1. The molecule has 2 aromatic rings. The van der Waals surface area contributed by atoms with Gasteiger partial charge in [0.25, 0.3) is 0 Å². The number of nitrogens with one attached hydrogen (secondary N) is 1. The summed E-state index contributed by atoms with van der Waals surface area (Å²) in [6.45, 7) is 1.83. The van der Waals surface area contributed by atoms with Gasteiger partial charge in [0.05, 0.1) is 25.7 Å². The number of hydrogen-bond donors (Lipinski definition) is 1. The maximum absolute atomic E-state index is 13.6. The van der Waals surface area contributed by atoms with Crippen molar-refractivity contribution in [2.75, 3.05) is 19.8 Å². The normalized spacial score (nSPS) is 19.2. The Morgan fingerprint density at radius 2 is 2.25 bits per heavy atom. The first-order valence-electron chi connectivity index (χ1n) is 6.30. The van der Waals surface area contributed by atoms with Gasteiger partial charge in [0.2, 0.25) is 5.89 Å². The molecule has 1 fully saturated rings. The molecule has 0 bridgehead atoms. The van der Waals surface area contributed by atoms with Crippen LogP contribution in [-0.2, 0) is 11.2 Å². The second-order valence-electron chi connectivity index (χ2n) is 4.52. The average molecular weight is 281 g/mol. The smallest absolute Gasteiger partial charge is 0.231 e. The molecule has 20 heavy (non-hydrogen) atoms. The Bertz CT molecular complexity index is 597. The zero-order valence-corrected chi connectivity index (χ0v) is 10.6. The van der Waals surface area contributed by atoms with E-state index in [-0.39, 0.29) is 23.9 Å². The number of ether oxygens (including phenoxy) is 1. The molecule has 7 heteroatoms. The van der Waals surface area contributed by atoms with Gasteiger partial charge in [0.15, 0.2) is 17.5 Å². The monoisotopic (exact) mass is 281 g/mol. The number of benzene rings is 1. The van der Waals surface area contributed by atoms with E-state index < -0.39 is 11.6 Å². The molecule has 2 heterocycles. The minimum Gasteiger partial charge on any atom is -0.378 e. The van der Waals surface area contributed by atoms with Crippen LogP contribution in [0.4, 0.5) is 8.78 Å². The molecule has 1 saturated heterocycles. The van der Waals surface area contributed by atoms with E-state index in [2.05, 4.69) is 15.5 Å². The summed E-state index contributed by atoms with van der Waals surface area (Å²) in [4.78, 5) is 4.19. The van der Waals surface area contributed by atoms with Crippen molar-refractivity contribution in [3.05, 3.63) is 47.1 Å². The summed E-state index contributed by atoms with van der Waals surface area (Å²) >= 11 is 0. The first kappa shape index (κ1) is 13.1. The van der Waals surface area contributed by atoms with Crippen LogP contribution in [0.2, 0.25) is 0 Å². The third kappa shape index (κ3) is 2.68. The van der Waals surface area contributed by atoms with E-state index in [0.29, 0.717) is 25.6 Å². The number of hydrogen-bond acceptors (Lipinski definition) is 5. The molecule has 0 radical (unpaired) electrons. The van der Waals surface area contributed by atoms with Gasteiger partial charge in [-0.25, -0.2) is 8.78 Å². The molecule has 106 valence electrons. The number of aromatic nitrogens is 2. The number of halogens is 2. The summed E-state index contributed by atoms with van der Waals surface area (Å²) in [6.07, 6.45) is 0.0597. The Morgan fingerprint density at radius 3 is 3.05 bits per heavy atom. The van der Waals surface area contributed by atoms with Crippen molar-refractivity contribution >= 4 is 0 Å². The van der Waals surface area contributed by atoms with Gasteiger partial charge < -0.3 is 14.6 Å². The molecule has 5 nitrogen and oxygen atoms in total. The lowest BCUT2D eigenvalue weighted by Crippen LogP contribution is -2.35.